The lowest BCUT2D eigenvalue weighted by molar-refractivity contribution is -0.117. The number of carbonyl (C=O) groups is 1. The highest BCUT2D eigenvalue weighted by molar-refractivity contribution is 5.75. The maximum Gasteiger partial charge on any atom is 0.231 e. The second-order valence-electron chi connectivity index (χ2n) is 2.88. The summed E-state index contributed by atoms with van der Waals surface area (Å²) in [5.41, 5.74) is 6.23. The van der Waals surface area contributed by atoms with Crippen LogP contribution in [0.2, 0.25) is 0 Å². The van der Waals surface area contributed by atoms with E-state index in [0.29, 0.717) is 0 Å². The number of hydrogen-bond acceptors (Lipinski definition) is 2. The lowest BCUT2D eigenvalue weighted by Crippen LogP contribution is -2.29. The number of nitrogens with one attached hydrogen (secondary N) is 1. The summed E-state index contributed by atoms with van der Waals surface area (Å²) in [6, 6.07) is 10.1. The van der Waals surface area contributed by atoms with Crippen LogP contribution in [0.3, 0.4) is 0 Å². The molecule has 0 atom stereocenters. The maximum absolute atomic E-state index is 10.4. The SMILES string of the molecule is NC(=O)CNCCc1ccccc1. The van der Waals surface area contributed by atoms with Gasteiger partial charge >= 0.3 is 0 Å². The van der Waals surface area contributed by atoms with Gasteiger partial charge in [0.1, 0.15) is 0 Å². The molecule has 0 saturated carbocycles. The maximum atomic E-state index is 10.4. The zero-order chi connectivity index (χ0) is 9.52. The van der Waals surface area contributed by atoms with E-state index in [-0.39, 0.29) is 12.5 Å². The second kappa shape index (κ2) is 5.32. The molecule has 1 rings (SSSR count). The summed E-state index contributed by atoms with van der Waals surface area (Å²) in [4.78, 5) is 10.4. The van der Waals surface area contributed by atoms with E-state index >= 15 is 0 Å². The van der Waals surface area contributed by atoms with Crippen LogP contribution in [0, 0.1) is 0 Å². The van der Waals surface area contributed by atoms with Crippen molar-refractivity contribution in [3.63, 3.8) is 0 Å². The summed E-state index contributed by atoms with van der Waals surface area (Å²) in [7, 11) is 0. The van der Waals surface area contributed by atoms with E-state index in [0.717, 1.165) is 13.0 Å². The third-order valence-electron chi connectivity index (χ3n) is 1.73. The quantitative estimate of drug-likeness (QED) is 0.637. The van der Waals surface area contributed by atoms with Gasteiger partial charge in [-0.15, -0.1) is 0 Å². The molecule has 0 unspecified atom stereocenters. The van der Waals surface area contributed by atoms with Crippen molar-refractivity contribution in [2.75, 3.05) is 13.1 Å². The van der Waals surface area contributed by atoms with Gasteiger partial charge in [-0.05, 0) is 18.5 Å². The van der Waals surface area contributed by atoms with E-state index in [4.69, 9.17) is 5.73 Å². The highest BCUT2D eigenvalue weighted by Crippen LogP contribution is 1.97. The predicted molar refractivity (Wildman–Crippen MR) is 52.2 cm³/mol. The Morgan fingerprint density at radius 1 is 1.31 bits per heavy atom. The molecule has 0 fully saturated rings. The third-order valence-corrected chi connectivity index (χ3v) is 1.73. The summed E-state index contributed by atoms with van der Waals surface area (Å²) in [6.45, 7) is 1.04. The van der Waals surface area contributed by atoms with Gasteiger partial charge in [0.15, 0.2) is 0 Å². The number of benzene rings is 1. The fraction of sp³-hybridized carbons (Fsp3) is 0.300. The molecule has 70 valence electrons. The minimum absolute atomic E-state index is 0.257. The summed E-state index contributed by atoms with van der Waals surface area (Å²) in [5, 5.41) is 2.96. The molecule has 1 amide bonds. The van der Waals surface area contributed by atoms with Crippen LogP contribution in [-0.2, 0) is 11.2 Å². The highest BCUT2D eigenvalue weighted by Gasteiger charge is 1.93. The first kappa shape index (κ1) is 9.74. The molecule has 3 heteroatoms. The van der Waals surface area contributed by atoms with Crippen molar-refractivity contribution in [3.8, 4) is 0 Å². The van der Waals surface area contributed by atoms with Gasteiger partial charge in [0, 0.05) is 0 Å². The van der Waals surface area contributed by atoms with Crippen LogP contribution in [0.15, 0.2) is 30.3 Å². The molecule has 0 heterocycles. The average Bonchev–Trinajstić information content (AvgIpc) is 2.14. The van der Waals surface area contributed by atoms with Crippen LogP contribution in [0.4, 0.5) is 0 Å². The van der Waals surface area contributed by atoms with Crippen molar-refractivity contribution in [1.29, 1.82) is 0 Å². The molecule has 0 aliphatic carbocycles. The van der Waals surface area contributed by atoms with Crippen LogP contribution in [0.5, 0.6) is 0 Å². The Balaban J connectivity index is 2.17. The van der Waals surface area contributed by atoms with Crippen molar-refractivity contribution in [2.24, 2.45) is 5.73 Å². The van der Waals surface area contributed by atoms with E-state index < -0.39 is 0 Å². The van der Waals surface area contributed by atoms with E-state index in [1.165, 1.54) is 5.56 Å². The molecule has 1 aromatic rings. The Hall–Kier alpha value is -1.35. The molecular formula is C10H14N2O. The van der Waals surface area contributed by atoms with Crippen molar-refractivity contribution in [1.82, 2.24) is 5.32 Å². The van der Waals surface area contributed by atoms with Crippen molar-refractivity contribution >= 4 is 5.91 Å². The monoisotopic (exact) mass is 178 g/mol. The van der Waals surface area contributed by atoms with Crippen molar-refractivity contribution < 1.29 is 4.79 Å². The lowest BCUT2D eigenvalue weighted by Gasteiger charge is -2.01. The van der Waals surface area contributed by atoms with Gasteiger partial charge in [-0.3, -0.25) is 4.79 Å². The van der Waals surface area contributed by atoms with E-state index in [9.17, 15) is 4.79 Å². The molecule has 0 aromatic heterocycles. The number of nitrogens with two attached hydrogens (primary N) is 1. The Kier molecular flexibility index (Phi) is 3.99. The van der Waals surface area contributed by atoms with Crippen LogP contribution >= 0.6 is 0 Å². The fourth-order valence-electron chi connectivity index (χ4n) is 1.09. The molecule has 0 spiro atoms. The molecule has 13 heavy (non-hydrogen) atoms. The van der Waals surface area contributed by atoms with Crippen LogP contribution < -0.4 is 11.1 Å². The van der Waals surface area contributed by atoms with Crippen molar-refractivity contribution in [3.05, 3.63) is 35.9 Å². The Labute approximate surface area is 77.9 Å². The van der Waals surface area contributed by atoms with Gasteiger partial charge in [-0.2, -0.15) is 0 Å². The largest absolute Gasteiger partial charge is 0.369 e. The first-order chi connectivity index (χ1) is 6.29. The number of amides is 1. The molecule has 0 aliphatic rings. The van der Waals surface area contributed by atoms with Crippen LogP contribution in [-0.4, -0.2) is 19.0 Å². The zero-order valence-corrected chi connectivity index (χ0v) is 7.49. The summed E-state index contributed by atoms with van der Waals surface area (Å²) >= 11 is 0. The number of carbonyl (C=O) groups excluding carboxylic acids is 1. The molecule has 0 bridgehead atoms. The van der Waals surface area contributed by atoms with Crippen LogP contribution in [0.1, 0.15) is 5.56 Å². The van der Waals surface area contributed by atoms with Gasteiger partial charge in [0.25, 0.3) is 0 Å². The first-order valence-corrected chi connectivity index (χ1v) is 4.32. The molecular weight excluding hydrogens is 164 g/mol. The minimum atomic E-state index is -0.312. The normalized spacial score (nSPS) is 9.85. The fourth-order valence-corrected chi connectivity index (χ4v) is 1.09. The minimum Gasteiger partial charge on any atom is -0.369 e. The van der Waals surface area contributed by atoms with Gasteiger partial charge in [0.2, 0.25) is 5.91 Å². The summed E-state index contributed by atoms with van der Waals surface area (Å²) in [6.07, 6.45) is 0.925. The Bertz CT molecular complexity index is 259. The van der Waals surface area contributed by atoms with Gasteiger partial charge < -0.3 is 11.1 Å². The molecule has 0 radical (unpaired) electrons. The van der Waals surface area contributed by atoms with Crippen LogP contribution in [0.25, 0.3) is 0 Å². The summed E-state index contributed by atoms with van der Waals surface area (Å²) < 4.78 is 0. The van der Waals surface area contributed by atoms with Gasteiger partial charge in [-0.1, -0.05) is 30.3 Å². The Morgan fingerprint density at radius 3 is 2.62 bits per heavy atom. The summed E-state index contributed by atoms with van der Waals surface area (Å²) in [5.74, 6) is -0.312. The molecule has 1 aromatic carbocycles. The zero-order valence-electron chi connectivity index (χ0n) is 7.49. The number of primary amides is 1. The van der Waals surface area contributed by atoms with E-state index in [2.05, 4.69) is 17.4 Å². The van der Waals surface area contributed by atoms with E-state index in [1.807, 2.05) is 18.2 Å². The number of rotatable bonds is 5. The van der Waals surface area contributed by atoms with Crippen molar-refractivity contribution in [2.45, 2.75) is 6.42 Å². The smallest absolute Gasteiger partial charge is 0.231 e. The van der Waals surface area contributed by atoms with E-state index in [1.54, 1.807) is 0 Å². The average molecular weight is 178 g/mol. The van der Waals surface area contributed by atoms with Gasteiger partial charge in [-0.25, -0.2) is 0 Å². The topological polar surface area (TPSA) is 55.1 Å². The molecule has 0 saturated heterocycles. The number of hydrogen-bond donors (Lipinski definition) is 2. The predicted octanol–water partition coefficient (Wildman–Crippen LogP) is 0.304. The lowest BCUT2D eigenvalue weighted by atomic mass is 10.1. The molecule has 3 nitrogen and oxygen atoms in total. The van der Waals surface area contributed by atoms with Gasteiger partial charge in [0.05, 0.1) is 6.54 Å². The molecule has 3 N–H and O–H groups in total. The Morgan fingerprint density at radius 2 is 2.00 bits per heavy atom. The molecule has 0 aliphatic heterocycles. The third kappa shape index (κ3) is 4.28. The standard InChI is InChI=1S/C10H14N2O/c11-10(13)8-12-7-6-9-4-2-1-3-5-9/h1-5,12H,6-8H2,(H2,11,13). The second-order valence-corrected chi connectivity index (χ2v) is 2.88. The first-order valence-electron chi connectivity index (χ1n) is 4.32. The highest BCUT2D eigenvalue weighted by atomic mass is 16.1.